The van der Waals surface area contributed by atoms with Crippen molar-refractivity contribution < 1.29 is 0 Å². The van der Waals surface area contributed by atoms with Crippen LogP contribution >= 0.6 is 22.9 Å². The van der Waals surface area contributed by atoms with Crippen LogP contribution in [0.5, 0.6) is 0 Å². The number of benzene rings is 1. The Hall–Kier alpha value is -1.52. The normalized spacial score (nSPS) is 10.8. The second-order valence-electron chi connectivity index (χ2n) is 3.24. The number of aromatic nitrogens is 3. The first-order valence-electron chi connectivity index (χ1n) is 4.68. The fourth-order valence-corrected chi connectivity index (χ4v) is 2.47. The predicted octanol–water partition coefficient (Wildman–Crippen LogP) is 3.41. The Balaban J connectivity index is 2.31. The van der Waals surface area contributed by atoms with Gasteiger partial charge in [0.05, 0.1) is 5.52 Å². The molecule has 2 aromatic heterocycles. The highest BCUT2D eigenvalue weighted by Crippen LogP contribution is 2.31. The van der Waals surface area contributed by atoms with Gasteiger partial charge in [0.25, 0.3) is 0 Å². The van der Waals surface area contributed by atoms with E-state index >= 15 is 0 Å². The van der Waals surface area contributed by atoms with Crippen molar-refractivity contribution in [3.63, 3.8) is 0 Å². The summed E-state index contributed by atoms with van der Waals surface area (Å²) >= 11 is 7.16. The molecule has 0 saturated heterocycles. The molecule has 3 nitrogen and oxygen atoms in total. The third-order valence-electron chi connectivity index (χ3n) is 2.28. The van der Waals surface area contributed by atoms with Crippen molar-refractivity contribution in [2.75, 3.05) is 0 Å². The largest absolute Gasteiger partial charge is 0.256 e. The van der Waals surface area contributed by atoms with E-state index in [4.69, 9.17) is 11.6 Å². The van der Waals surface area contributed by atoms with Gasteiger partial charge in [-0.1, -0.05) is 29.5 Å². The van der Waals surface area contributed by atoms with Gasteiger partial charge >= 0.3 is 0 Å². The molecule has 0 aliphatic carbocycles. The maximum atomic E-state index is 5.79. The van der Waals surface area contributed by atoms with Gasteiger partial charge in [-0.2, -0.15) is 0 Å². The Morgan fingerprint density at radius 1 is 1.06 bits per heavy atom. The highest BCUT2D eigenvalue weighted by Gasteiger charge is 2.08. The van der Waals surface area contributed by atoms with E-state index in [9.17, 15) is 0 Å². The fraction of sp³-hybridized carbons (Fsp3) is 0. The lowest BCUT2D eigenvalue weighted by Crippen LogP contribution is -1.82. The first-order valence-corrected chi connectivity index (χ1v) is 5.87. The average molecular weight is 248 g/mol. The molecule has 2 heterocycles. The maximum absolute atomic E-state index is 5.79. The Bertz CT molecular complexity index is 645. The van der Waals surface area contributed by atoms with Crippen LogP contribution in [0.1, 0.15) is 0 Å². The molecule has 0 unspecified atom stereocenters. The number of halogens is 1. The molecule has 3 rings (SSSR count). The average Bonchev–Trinajstić information content (AvgIpc) is 2.75. The third kappa shape index (κ3) is 1.56. The van der Waals surface area contributed by atoms with Gasteiger partial charge in [0.15, 0.2) is 0 Å². The molecule has 0 spiro atoms. The van der Waals surface area contributed by atoms with Gasteiger partial charge in [-0.25, -0.2) is 0 Å². The van der Waals surface area contributed by atoms with Crippen molar-refractivity contribution in [2.24, 2.45) is 0 Å². The van der Waals surface area contributed by atoms with Gasteiger partial charge in [-0.3, -0.25) is 4.98 Å². The topological polar surface area (TPSA) is 38.7 Å². The Labute approximate surface area is 101 Å². The van der Waals surface area contributed by atoms with E-state index in [2.05, 4.69) is 15.2 Å². The molecule has 0 atom stereocenters. The molecule has 0 saturated carbocycles. The molecule has 0 bridgehead atoms. The molecular weight excluding hydrogens is 242 g/mol. The van der Waals surface area contributed by atoms with Crippen molar-refractivity contribution in [1.82, 2.24) is 15.2 Å². The molecule has 3 aromatic rings. The van der Waals surface area contributed by atoms with E-state index in [0.29, 0.717) is 4.47 Å². The first-order chi connectivity index (χ1) is 7.84. The lowest BCUT2D eigenvalue weighted by molar-refractivity contribution is 1.10. The second-order valence-corrected chi connectivity index (χ2v) is 4.80. The van der Waals surface area contributed by atoms with Crippen LogP contribution in [0.3, 0.4) is 0 Å². The van der Waals surface area contributed by atoms with Crippen LogP contribution in [0.4, 0.5) is 0 Å². The number of pyridine rings is 1. The van der Waals surface area contributed by atoms with Crippen LogP contribution in [0.2, 0.25) is 4.47 Å². The monoisotopic (exact) mass is 247 g/mol. The molecule has 0 amide bonds. The van der Waals surface area contributed by atoms with Crippen LogP contribution in [-0.2, 0) is 0 Å². The molecule has 0 N–H and O–H groups in total. The number of hydrogen-bond acceptors (Lipinski definition) is 4. The molecular formula is C11H6ClN3S. The highest BCUT2D eigenvalue weighted by atomic mass is 35.5. The summed E-state index contributed by atoms with van der Waals surface area (Å²) < 4.78 is 0.455. The van der Waals surface area contributed by atoms with Crippen LogP contribution in [0.15, 0.2) is 36.5 Å². The predicted molar refractivity (Wildman–Crippen MR) is 65.7 cm³/mol. The maximum Gasteiger partial charge on any atom is 0.207 e. The molecule has 0 fully saturated rings. The summed E-state index contributed by atoms with van der Waals surface area (Å²) in [5.74, 6) is 0. The Morgan fingerprint density at radius 2 is 2.00 bits per heavy atom. The second kappa shape index (κ2) is 3.81. The van der Waals surface area contributed by atoms with Gasteiger partial charge in [-0.05, 0) is 23.7 Å². The lowest BCUT2D eigenvalue weighted by atomic mass is 10.1. The molecule has 0 radical (unpaired) electrons. The molecule has 1 aromatic carbocycles. The van der Waals surface area contributed by atoms with Crippen molar-refractivity contribution >= 4 is 33.8 Å². The summed E-state index contributed by atoms with van der Waals surface area (Å²) in [6.07, 6.45) is 1.78. The third-order valence-corrected chi connectivity index (χ3v) is 3.33. The molecule has 5 heteroatoms. The van der Waals surface area contributed by atoms with Crippen molar-refractivity contribution in [2.45, 2.75) is 0 Å². The fourth-order valence-electron chi connectivity index (χ4n) is 1.60. The first kappa shape index (κ1) is 9.69. The van der Waals surface area contributed by atoms with E-state index in [-0.39, 0.29) is 0 Å². The van der Waals surface area contributed by atoms with Gasteiger partial charge in [0.2, 0.25) is 4.47 Å². The number of rotatable bonds is 1. The summed E-state index contributed by atoms with van der Waals surface area (Å²) in [5.41, 5.74) is 1.97. The minimum Gasteiger partial charge on any atom is -0.256 e. The zero-order valence-corrected chi connectivity index (χ0v) is 9.66. The summed E-state index contributed by atoms with van der Waals surface area (Å²) in [4.78, 5) is 4.30. The van der Waals surface area contributed by atoms with Crippen LogP contribution in [0.25, 0.3) is 21.5 Å². The van der Waals surface area contributed by atoms with Gasteiger partial charge in [0.1, 0.15) is 5.01 Å². The van der Waals surface area contributed by atoms with Gasteiger partial charge in [-0.15, -0.1) is 10.2 Å². The van der Waals surface area contributed by atoms with Crippen molar-refractivity contribution in [1.29, 1.82) is 0 Å². The molecule has 78 valence electrons. The van der Waals surface area contributed by atoms with Crippen molar-refractivity contribution in [3.8, 4) is 10.6 Å². The molecule has 0 aliphatic heterocycles. The van der Waals surface area contributed by atoms with E-state index in [1.54, 1.807) is 6.20 Å². The van der Waals surface area contributed by atoms with Crippen molar-refractivity contribution in [3.05, 3.63) is 41.0 Å². The quantitative estimate of drug-likeness (QED) is 0.662. The number of nitrogens with zero attached hydrogens (tertiary/aromatic N) is 3. The van der Waals surface area contributed by atoms with Crippen LogP contribution in [0, 0.1) is 0 Å². The highest BCUT2D eigenvalue weighted by molar-refractivity contribution is 7.18. The zero-order valence-electron chi connectivity index (χ0n) is 8.09. The van der Waals surface area contributed by atoms with E-state index in [1.807, 2.05) is 30.3 Å². The molecule has 0 aliphatic rings. The summed E-state index contributed by atoms with van der Waals surface area (Å²) in [6, 6.07) is 9.86. The SMILES string of the molecule is Clc1nnc(-c2cccc3ncccc23)s1. The van der Waals surface area contributed by atoms with Crippen LogP contribution in [-0.4, -0.2) is 15.2 Å². The van der Waals surface area contributed by atoms with E-state index < -0.39 is 0 Å². The van der Waals surface area contributed by atoms with Gasteiger partial charge < -0.3 is 0 Å². The number of fused-ring (bicyclic) bond motifs is 1. The number of hydrogen-bond donors (Lipinski definition) is 0. The van der Waals surface area contributed by atoms with E-state index in [0.717, 1.165) is 21.5 Å². The minimum atomic E-state index is 0.455. The van der Waals surface area contributed by atoms with Crippen LogP contribution < -0.4 is 0 Å². The summed E-state index contributed by atoms with van der Waals surface area (Å²) in [7, 11) is 0. The standard InChI is InChI=1S/C11H6ClN3S/c12-11-15-14-10(16-11)8-3-1-5-9-7(8)4-2-6-13-9/h1-6H. The Kier molecular flexibility index (Phi) is 2.31. The smallest absolute Gasteiger partial charge is 0.207 e. The molecule has 16 heavy (non-hydrogen) atoms. The summed E-state index contributed by atoms with van der Waals surface area (Å²) in [6.45, 7) is 0. The minimum absolute atomic E-state index is 0.455. The summed E-state index contributed by atoms with van der Waals surface area (Å²) in [5, 5.41) is 9.75. The Morgan fingerprint density at radius 3 is 2.81 bits per heavy atom. The van der Waals surface area contributed by atoms with E-state index in [1.165, 1.54) is 11.3 Å². The van der Waals surface area contributed by atoms with Gasteiger partial charge in [0, 0.05) is 17.1 Å². The zero-order chi connectivity index (χ0) is 11.0. The lowest BCUT2D eigenvalue weighted by Gasteiger charge is -2.01.